The van der Waals surface area contributed by atoms with Gasteiger partial charge in [-0.05, 0) is 67.4 Å². The fourth-order valence-electron chi connectivity index (χ4n) is 4.77. The molecule has 6 aromatic rings. The number of para-hydroxylation sites is 2. The second-order valence-corrected chi connectivity index (χ2v) is 13.8. The van der Waals surface area contributed by atoms with E-state index in [1.807, 2.05) is 43.3 Å². The van der Waals surface area contributed by atoms with Crippen molar-refractivity contribution in [3.63, 3.8) is 0 Å². The molecule has 0 bridgehead atoms. The lowest BCUT2D eigenvalue weighted by Gasteiger charge is -2.15. The number of benzene rings is 4. The molecule has 42 heavy (non-hydrogen) atoms. The summed E-state index contributed by atoms with van der Waals surface area (Å²) in [6.07, 6.45) is 0.485. The Hall–Kier alpha value is -4.25. The minimum Gasteiger partial charge on any atom is -0.309 e. The molecule has 6 rings (SSSR count). The molecule has 0 fully saturated rings. The number of halogens is 1. The molecule has 0 saturated heterocycles. The molecule has 2 heterocycles. The standard InChI is InChI=1S/C31H25ClN4O4S2/c1-21-11-15-24(16-12-21)41(37,38)29-28-30(34-27-10-6-5-9-26(27)33-28)36(20-19-22-7-3-2-4-8-22)31(29)35-42(39,40)25-17-13-23(32)14-18-25/h2-18,35H,19-20H2,1H3. The van der Waals surface area contributed by atoms with Gasteiger partial charge in [-0.1, -0.05) is 71.8 Å². The average Bonchev–Trinajstić information content (AvgIpc) is 3.27. The monoisotopic (exact) mass is 616 g/mol. The molecule has 0 aliphatic rings. The van der Waals surface area contributed by atoms with E-state index in [4.69, 9.17) is 21.6 Å². The summed E-state index contributed by atoms with van der Waals surface area (Å²) in [5.41, 5.74) is 3.24. The number of nitrogens with zero attached hydrogens (tertiary/aromatic N) is 3. The normalized spacial score (nSPS) is 12.1. The van der Waals surface area contributed by atoms with E-state index in [0.717, 1.165) is 11.1 Å². The van der Waals surface area contributed by atoms with Crippen LogP contribution >= 0.6 is 11.6 Å². The van der Waals surface area contributed by atoms with Crippen LogP contribution in [-0.4, -0.2) is 31.4 Å². The third-order valence-corrected chi connectivity index (χ3v) is 10.4. The zero-order valence-corrected chi connectivity index (χ0v) is 24.8. The van der Waals surface area contributed by atoms with Crippen LogP contribution in [-0.2, 0) is 32.8 Å². The van der Waals surface area contributed by atoms with Crippen molar-refractivity contribution in [1.29, 1.82) is 0 Å². The minimum atomic E-state index is -4.28. The first kappa shape index (κ1) is 27.9. The third kappa shape index (κ3) is 5.24. The van der Waals surface area contributed by atoms with Crippen LogP contribution in [0, 0.1) is 6.92 Å². The van der Waals surface area contributed by atoms with Gasteiger partial charge in [0.05, 0.1) is 20.8 Å². The quantitative estimate of drug-likeness (QED) is 0.211. The highest BCUT2D eigenvalue weighted by Gasteiger charge is 2.33. The van der Waals surface area contributed by atoms with E-state index in [1.165, 1.54) is 36.4 Å². The van der Waals surface area contributed by atoms with Crippen molar-refractivity contribution in [2.75, 3.05) is 4.72 Å². The molecule has 8 nitrogen and oxygen atoms in total. The Morgan fingerprint density at radius 2 is 1.33 bits per heavy atom. The van der Waals surface area contributed by atoms with E-state index in [0.29, 0.717) is 22.5 Å². The van der Waals surface area contributed by atoms with Gasteiger partial charge in [0.2, 0.25) is 9.84 Å². The average molecular weight is 617 g/mol. The smallest absolute Gasteiger partial charge is 0.263 e. The summed E-state index contributed by atoms with van der Waals surface area (Å²) >= 11 is 6.00. The molecule has 1 N–H and O–H groups in total. The number of sulfonamides is 1. The summed E-state index contributed by atoms with van der Waals surface area (Å²) in [6.45, 7) is 2.09. The number of hydrogen-bond donors (Lipinski definition) is 1. The van der Waals surface area contributed by atoms with Gasteiger partial charge in [-0.2, -0.15) is 0 Å². The van der Waals surface area contributed by atoms with E-state index < -0.39 is 19.9 Å². The highest BCUT2D eigenvalue weighted by atomic mass is 35.5. The number of aromatic nitrogens is 3. The molecule has 0 aliphatic carbocycles. The van der Waals surface area contributed by atoms with E-state index >= 15 is 0 Å². The van der Waals surface area contributed by atoms with E-state index in [9.17, 15) is 16.8 Å². The Bertz CT molecular complexity index is 2150. The highest BCUT2D eigenvalue weighted by Crippen LogP contribution is 2.38. The van der Waals surface area contributed by atoms with Crippen molar-refractivity contribution in [2.45, 2.75) is 34.6 Å². The molecule has 0 spiro atoms. The van der Waals surface area contributed by atoms with Gasteiger partial charge >= 0.3 is 0 Å². The summed E-state index contributed by atoms with van der Waals surface area (Å²) in [5, 5.41) is 0.369. The van der Waals surface area contributed by atoms with Gasteiger partial charge in [0.1, 0.15) is 16.2 Å². The molecule has 0 amide bonds. The number of anilines is 1. The van der Waals surface area contributed by atoms with E-state index in [-0.39, 0.29) is 38.2 Å². The fourth-order valence-corrected chi connectivity index (χ4v) is 7.57. The first-order valence-corrected chi connectivity index (χ1v) is 16.4. The first-order valence-electron chi connectivity index (χ1n) is 13.1. The molecule has 0 saturated carbocycles. The summed E-state index contributed by atoms with van der Waals surface area (Å²) in [7, 11) is -8.53. The summed E-state index contributed by atoms with van der Waals surface area (Å²) < 4.78 is 60.3. The van der Waals surface area contributed by atoms with Gasteiger partial charge in [-0.25, -0.2) is 26.8 Å². The van der Waals surface area contributed by atoms with Crippen molar-refractivity contribution in [3.8, 4) is 0 Å². The molecule has 212 valence electrons. The van der Waals surface area contributed by atoms with Crippen LogP contribution in [0.2, 0.25) is 5.02 Å². The van der Waals surface area contributed by atoms with Crippen LogP contribution in [0.1, 0.15) is 11.1 Å². The van der Waals surface area contributed by atoms with Crippen molar-refractivity contribution in [2.24, 2.45) is 0 Å². The van der Waals surface area contributed by atoms with Gasteiger partial charge in [0.25, 0.3) is 10.0 Å². The minimum absolute atomic E-state index is 0.0112. The number of fused-ring (bicyclic) bond motifs is 2. The van der Waals surface area contributed by atoms with Gasteiger partial charge < -0.3 is 4.57 Å². The van der Waals surface area contributed by atoms with Crippen LogP contribution < -0.4 is 4.72 Å². The van der Waals surface area contributed by atoms with Gasteiger partial charge in [-0.3, -0.25) is 4.72 Å². The van der Waals surface area contributed by atoms with Gasteiger partial charge in [0.15, 0.2) is 5.65 Å². The van der Waals surface area contributed by atoms with E-state index in [1.54, 1.807) is 34.9 Å². The molecule has 2 aromatic heterocycles. The molecular formula is C31H25ClN4O4S2. The number of aryl methyl sites for hydroxylation is 3. The maximum Gasteiger partial charge on any atom is 0.263 e. The number of sulfone groups is 1. The molecular weight excluding hydrogens is 592 g/mol. The second-order valence-electron chi connectivity index (χ2n) is 9.83. The lowest BCUT2D eigenvalue weighted by Crippen LogP contribution is -2.19. The Morgan fingerprint density at radius 3 is 2.00 bits per heavy atom. The van der Waals surface area contributed by atoms with E-state index in [2.05, 4.69) is 4.72 Å². The first-order chi connectivity index (χ1) is 20.1. The molecule has 0 unspecified atom stereocenters. The SMILES string of the molecule is Cc1ccc(S(=O)(=O)c2c(NS(=O)(=O)c3ccc(Cl)cc3)n(CCc3ccccc3)c3nc4ccccc4nc23)cc1. The van der Waals surface area contributed by atoms with Crippen molar-refractivity contribution in [1.82, 2.24) is 14.5 Å². The lowest BCUT2D eigenvalue weighted by molar-refractivity contribution is 0.596. The lowest BCUT2D eigenvalue weighted by atomic mass is 10.1. The molecule has 11 heteroatoms. The summed E-state index contributed by atoms with van der Waals surface area (Å²) in [6, 6.07) is 28.8. The van der Waals surface area contributed by atoms with Crippen molar-refractivity contribution >= 4 is 59.5 Å². The number of hydrogen-bond acceptors (Lipinski definition) is 6. The Labute approximate surface area is 248 Å². The zero-order chi connectivity index (χ0) is 29.5. The fraction of sp³-hybridized carbons (Fsp3) is 0.0968. The molecule has 0 aliphatic heterocycles. The Balaban J connectivity index is 1.64. The van der Waals surface area contributed by atoms with Crippen molar-refractivity contribution in [3.05, 3.63) is 119 Å². The van der Waals surface area contributed by atoms with Crippen LogP contribution in [0.15, 0.2) is 118 Å². The number of nitrogens with one attached hydrogen (secondary N) is 1. The summed E-state index contributed by atoms with van der Waals surface area (Å²) in [4.78, 5) is 9.19. The maximum atomic E-state index is 14.3. The zero-order valence-electron chi connectivity index (χ0n) is 22.4. The van der Waals surface area contributed by atoms with Crippen LogP contribution in [0.25, 0.3) is 22.2 Å². The highest BCUT2D eigenvalue weighted by molar-refractivity contribution is 7.93. The summed E-state index contributed by atoms with van der Waals surface area (Å²) in [5.74, 6) is -0.133. The topological polar surface area (TPSA) is 111 Å². The predicted octanol–water partition coefficient (Wildman–Crippen LogP) is 6.42. The van der Waals surface area contributed by atoms with Crippen LogP contribution in [0.5, 0.6) is 0 Å². The van der Waals surface area contributed by atoms with Gasteiger partial charge in [-0.15, -0.1) is 0 Å². The largest absolute Gasteiger partial charge is 0.309 e. The predicted molar refractivity (Wildman–Crippen MR) is 164 cm³/mol. The Morgan fingerprint density at radius 1 is 0.738 bits per heavy atom. The number of rotatable bonds is 8. The third-order valence-electron chi connectivity index (χ3n) is 6.93. The molecule has 0 atom stereocenters. The van der Waals surface area contributed by atoms with Crippen LogP contribution in [0.4, 0.5) is 5.82 Å². The molecule has 4 aromatic carbocycles. The van der Waals surface area contributed by atoms with Crippen LogP contribution in [0.3, 0.4) is 0 Å². The second kappa shape index (κ2) is 10.9. The maximum absolute atomic E-state index is 14.3. The van der Waals surface area contributed by atoms with Gasteiger partial charge in [0, 0.05) is 11.6 Å². The Kier molecular flexibility index (Phi) is 7.22. The molecule has 0 radical (unpaired) electrons. The van der Waals surface area contributed by atoms with Crippen molar-refractivity contribution < 1.29 is 16.8 Å².